The second-order valence-electron chi connectivity index (χ2n) is 7.97. The maximum absolute atomic E-state index is 5.98. The average molecular weight is 309 g/mol. The summed E-state index contributed by atoms with van der Waals surface area (Å²) in [5.41, 5.74) is 0. The first-order valence-corrected chi connectivity index (χ1v) is 10.4. The molecule has 1 nitrogen and oxygen atoms in total. The van der Waals surface area contributed by atoms with Gasteiger partial charge in [-0.05, 0) is 37.5 Å². The first kappa shape index (κ1) is 18.3. The Balaban J connectivity index is 1.81. The van der Waals surface area contributed by atoms with Crippen LogP contribution in [-0.2, 0) is 4.74 Å². The van der Waals surface area contributed by atoms with Gasteiger partial charge in [0.1, 0.15) is 0 Å². The molecule has 0 saturated heterocycles. The molecule has 0 aromatic carbocycles. The van der Waals surface area contributed by atoms with Crippen molar-refractivity contribution in [1.82, 2.24) is 0 Å². The van der Waals surface area contributed by atoms with E-state index >= 15 is 0 Å². The Morgan fingerprint density at radius 2 is 0.773 bits per heavy atom. The molecule has 2 saturated carbocycles. The van der Waals surface area contributed by atoms with Crippen molar-refractivity contribution in [2.75, 3.05) is 7.11 Å². The van der Waals surface area contributed by atoms with E-state index in [-0.39, 0.29) is 0 Å². The van der Waals surface area contributed by atoms with E-state index in [9.17, 15) is 0 Å². The van der Waals surface area contributed by atoms with Crippen LogP contribution in [0.5, 0.6) is 0 Å². The largest absolute Gasteiger partial charge is 0.381 e. The first-order valence-electron chi connectivity index (χ1n) is 10.4. The third-order valence-electron chi connectivity index (χ3n) is 6.25. The second-order valence-corrected chi connectivity index (χ2v) is 7.97. The molecule has 2 aliphatic rings. The number of methoxy groups -OCH3 is 1. The number of ether oxygens (including phenoxy) is 1. The van der Waals surface area contributed by atoms with Crippen LogP contribution in [0.1, 0.15) is 109 Å². The van der Waals surface area contributed by atoms with E-state index in [0.29, 0.717) is 6.10 Å². The van der Waals surface area contributed by atoms with Crippen LogP contribution in [0.15, 0.2) is 0 Å². The maximum Gasteiger partial charge on any atom is 0.0627 e. The minimum atomic E-state index is 0.574. The molecule has 130 valence electrons. The van der Waals surface area contributed by atoms with E-state index in [1.165, 1.54) is 109 Å². The molecule has 2 bridgehead atoms. The van der Waals surface area contributed by atoms with Crippen LogP contribution >= 0.6 is 0 Å². The molecule has 22 heavy (non-hydrogen) atoms. The van der Waals surface area contributed by atoms with E-state index in [1.807, 2.05) is 7.11 Å². The van der Waals surface area contributed by atoms with Crippen molar-refractivity contribution in [2.45, 2.75) is 115 Å². The summed E-state index contributed by atoms with van der Waals surface area (Å²) in [5.74, 6) is 1.72. The molecule has 2 aliphatic carbocycles. The highest BCUT2D eigenvalue weighted by Gasteiger charge is 2.32. The topological polar surface area (TPSA) is 9.23 Å². The Labute approximate surface area is 139 Å². The smallest absolute Gasteiger partial charge is 0.0627 e. The zero-order valence-electron chi connectivity index (χ0n) is 15.2. The van der Waals surface area contributed by atoms with Crippen molar-refractivity contribution in [1.29, 1.82) is 0 Å². The summed E-state index contributed by atoms with van der Waals surface area (Å²) in [6.45, 7) is 0. The van der Waals surface area contributed by atoms with E-state index in [1.54, 1.807) is 0 Å². The summed E-state index contributed by atoms with van der Waals surface area (Å²) < 4.78 is 5.98. The molecule has 0 heterocycles. The molecule has 0 N–H and O–H groups in total. The lowest BCUT2D eigenvalue weighted by molar-refractivity contribution is -0.0270. The molecule has 0 spiro atoms. The molecule has 0 radical (unpaired) electrons. The molecular weight excluding hydrogens is 268 g/mol. The van der Waals surface area contributed by atoms with Crippen molar-refractivity contribution in [3.05, 3.63) is 0 Å². The monoisotopic (exact) mass is 308 g/mol. The normalized spacial score (nSPS) is 34.0. The Bertz CT molecular complexity index is 239. The summed E-state index contributed by atoms with van der Waals surface area (Å²) in [6.07, 6.45) is 25.3. The van der Waals surface area contributed by atoms with Crippen molar-refractivity contribution in [3.63, 3.8) is 0 Å². The van der Waals surface area contributed by atoms with Crippen LogP contribution in [0, 0.1) is 11.8 Å². The second kappa shape index (κ2) is 11.5. The highest BCUT2D eigenvalue weighted by Crippen LogP contribution is 2.37. The number of hydrogen-bond donors (Lipinski definition) is 0. The highest BCUT2D eigenvalue weighted by atomic mass is 16.5. The third kappa shape index (κ3) is 6.60. The maximum atomic E-state index is 5.98. The third-order valence-corrected chi connectivity index (χ3v) is 6.25. The molecule has 2 unspecified atom stereocenters. The molecule has 2 fully saturated rings. The number of fused-ring (bicyclic) bond motifs is 2. The van der Waals surface area contributed by atoms with Gasteiger partial charge in [0.05, 0.1) is 6.10 Å². The fraction of sp³-hybridized carbons (Fsp3) is 1.00. The molecule has 0 amide bonds. The van der Waals surface area contributed by atoms with Gasteiger partial charge in [-0.25, -0.2) is 0 Å². The van der Waals surface area contributed by atoms with Gasteiger partial charge < -0.3 is 4.74 Å². The molecule has 1 heteroatoms. The van der Waals surface area contributed by atoms with Crippen LogP contribution in [-0.4, -0.2) is 13.2 Å². The SMILES string of the molecule is COC1C2CCCCCCCCCCCCCCC1CCC2. The highest BCUT2D eigenvalue weighted by molar-refractivity contribution is 4.83. The van der Waals surface area contributed by atoms with Gasteiger partial charge in [0.2, 0.25) is 0 Å². The zero-order valence-corrected chi connectivity index (χ0v) is 15.2. The fourth-order valence-corrected chi connectivity index (χ4v) is 4.94. The predicted molar refractivity (Wildman–Crippen MR) is 96.3 cm³/mol. The molecule has 2 atom stereocenters. The molecule has 0 aromatic heterocycles. The zero-order chi connectivity index (χ0) is 15.5. The van der Waals surface area contributed by atoms with Crippen LogP contribution in [0.25, 0.3) is 0 Å². The van der Waals surface area contributed by atoms with Crippen molar-refractivity contribution >= 4 is 0 Å². The Morgan fingerprint density at radius 1 is 0.455 bits per heavy atom. The summed E-state index contributed by atoms with van der Waals surface area (Å²) in [6, 6.07) is 0. The van der Waals surface area contributed by atoms with Gasteiger partial charge in [0.25, 0.3) is 0 Å². The van der Waals surface area contributed by atoms with Crippen molar-refractivity contribution in [2.24, 2.45) is 11.8 Å². The van der Waals surface area contributed by atoms with Gasteiger partial charge in [-0.15, -0.1) is 0 Å². The summed E-state index contributed by atoms with van der Waals surface area (Å²) in [5, 5.41) is 0. The Kier molecular flexibility index (Phi) is 9.56. The van der Waals surface area contributed by atoms with Crippen molar-refractivity contribution < 1.29 is 4.74 Å². The van der Waals surface area contributed by atoms with Gasteiger partial charge in [-0.3, -0.25) is 0 Å². The predicted octanol–water partition coefficient (Wildman–Crippen LogP) is 6.89. The van der Waals surface area contributed by atoms with Gasteiger partial charge in [-0.1, -0.05) is 83.5 Å². The molecule has 0 aromatic rings. The summed E-state index contributed by atoms with van der Waals surface area (Å²) in [4.78, 5) is 0. The van der Waals surface area contributed by atoms with Crippen molar-refractivity contribution in [3.8, 4) is 0 Å². The van der Waals surface area contributed by atoms with E-state index in [2.05, 4.69) is 0 Å². The van der Waals surface area contributed by atoms with E-state index in [4.69, 9.17) is 4.74 Å². The van der Waals surface area contributed by atoms with E-state index in [0.717, 1.165) is 11.8 Å². The van der Waals surface area contributed by atoms with Gasteiger partial charge in [0.15, 0.2) is 0 Å². The minimum Gasteiger partial charge on any atom is -0.381 e. The van der Waals surface area contributed by atoms with Crippen LogP contribution in [0.3, 0.4) is 0 Å². The quantitative estimate of drug-likeness (QED) is 0.512. The van der Waals surface area contributed by atoms with Crippen LogP contribution in [0.4, 0.5) is 0 Å². The Hall–Kier alpha value is -0.0400. The van der Waals surface area contributed by atoms with Crippen LogP contribution in [0.2, 0.25) is 0 Å². The Morgan fingerprint density at radius 3 is 1.14 bits per heavy atom. The fourth-order valence-electron chi connectivity index (χ4n) is 4.94. The average Bonchev–Trinajstić information content (AvgIpc) is 2.54. The molecule has 0 aliphatic heterocycles. The van der Waals surface area contributed by atoms with Gasteiger partial charge in [0, 0.05) is 7.11 Å². The summed E-state index contributed by atoms with van der Waals surface area (Å²) >= 11 is 0. The first-order chi connectivity index (χ1) is 10.9. The molecular formula is C21H40O. The lowest BCUT2D eigenvalue weighted by Gasteiger charge is -2.37. The molecule has 2 rings (SSSR count). The minimum absolute atomic E-state index is 0.574. The lowest BCUT2D eigenvalue weighted by Crippen LogP contribution is -2.35. The van der Waals surface area contributed by atoms with Gasteiger partial charge >= 0.3 is 0 Å². The van der Waals surface area contributed by atoms with Crippen LogP contribution < -0.4 is 0 Å². The standard InChI is InChI=1S/C21H40O/c1-22-21-19-15-12-10-8-6-4-2-3-5-7-9-11-13-16-20(21)18-14-17-19/h19-21H,2-18H2,1H3. The van der Waals surface area contributed by atoms with E-state index < -0.39 is 0 Å². The number of rotatable bonds is 1. The van der Waals surface area contributed by atoms with Gasteiger partial charge in [-0.2, -0.15) is 0 Å². The summed E-state index contributed by atoms with van der Waals surface area (Å²) in [7, 11) is 1.97. The number of hydrogen-bond acceptors (Lipinski definition) is 1. The lowest BCUT2D eigenvalue weighted by atomic mass is 9.74.